The number of aryl methyl sites for hydroxylation is 1. The van der Waals surface area contributed by atoms with Gasteiger partial charge in [0.15, 0.2) is 11.6 Å². The molecule has 0 unspecified atom stereocenters. The molecule has 37 heavy (non-hydrogen) atoms. The van der Waals surface area contributed by atoms with Gasteiger partial charge in [-0.1, -0.05) is 65.7 Å². The van der Waals surface area contributed by atoms with Crippen LogP contribution in [0.4, 0.5) is 0 Å². The third-order valence-electron chi connectivity index (χ3n) is 5.51. The highest BCUT2D eigenvalue weighted by Gasteiger charge is 2.22. The van der Waals surface area contributed by atoms with Crippen LogP contribution in [0.3, 0.4) is 0 Å². The molecule has 0 fully saturated rings. The number of amides is 1. The summed E-state index contributed by atoms with van der Waals surface area (Å²) in [5.41, 5.74) is 8.29. The number of nitrogens with zero attached hydrogens (tertiary/aromatic N) is 3. The fourth-order valence-corrected chi connectivity index (χ4v) is 4.16. The standard InChI is InChI=1S/C26H23Cl2N5O2.2BrH/c1-16-31-32-24(15-30-26(35)22(29)13-17-7-3-2-4-8-17)33(16)23-12-11-18(27)14-20(23)25(34)19-9-5-6-10-21(19)28;;/h2-12,14,22H,13,15,29H2,1H3,(H,30,35);2*1H/t22-;;/m0../s1. The number of benzene rings is 3. The lowest BCUT2D eigenvalue weighted by molar-refractivity contribution is -0.122. The Morgan fingerprint density at radius 2 is 1.62 bits per heavy atom. The van der Waals surface area contributed by atoms with Gasteiger partial charge in [0, 0.05) is 16.1 Å². The summed E-state index contributed by atoms with van der Waals surface area (Å²) in [6.07, 6.45) is 0.409. The molecule has 0 saturated heterocycles. The molecule has 7 nitrogen and oxygen atoms in total. The van der Waals surface area contributed by atoms with Crippen molar-refractivity contribution in [3.63, 3.8) is 0 Å². The zero-order valence-electron chi connectivity index (χ0n) is 19.7. The van der Waals surface area contributed by atoms with Crippen molar-refractivity contribution in [3.05, 3.63) is 111 Å². The number of aromatic nitrogens is 3. The van der Waals surface area contributed by atoms with E-state index in [0.29, 0.717) is 44.9 Å². The van der Waals surface area contributed by atoms with Gasteiger partial charge in [-0.25, -0.2) is 0 Å². The largest absolute Gasteiger partial charge is 0.347 e. The molecule has 3 aromatic carbocycles. The molecule has 1 aromatic heterocycles. The van der Waals surface area contributed by atoms with E-state index in [0.717, 1.165) is 5.56 Å². The van der Waals surface area contributed by atoms with Gasteiger partial charge >= 0.3 is 0 Å². The van der Waals surface area contributed by atoms with Crippen LogP contribution in [0.5, 0.6) is 0 Å². The molecule has 3 N–H and O–H groups in total. The number of rotatable bonds is 8. The second-order valence-electron chi connectivity index (χ2n) is 7.98. The number of carbonyl (C=O) groups is 2. The van der Waals surface area contributed by atoms with E-state index < -0.39 is 6.04 Å². The molecule has 0 spiro atoms. The van der Waals surface area contributed by atoms with Crippen molar-refractivity contribution in [3.8, 4) is 5.69 Å². The highest BCUT2D eigenvalue weighted by atomic mass is 79.9. The van der Waals surface area contributed by atoms with Crippen molar-refractivity contribution in [2.24, 2.45) is 5.73 Å². The van der Waals surface area contributed by atoms with Gasteiger partial charge < -0.3 is 11.1 Å². The van der Waals surface area contributed by atoms with Gasteiger partial charge in [-0.2, -0.15) is 0 Å². The average Bonchev–Trinajstić information content (AvgIpc) is 3.23. The Labute approximate surface area is 245 Å². The first-order valence-corrected chi connectivity index (χ1v) is 11.7. The zero-order valence-corrected chi connectivity index (χ0v) is 24.7. The molecular formula is C26H25Br2Cl2N5O2. The van der Waals surface area contributed by atoms with Crippen LogP contribution >= 0.6 is 57.2 Å². The number of ketones is 1. The molecule has 4 aromatic rings. The third kappa shape index (κ3) is 7.27. The first kappa shape index (κ1) is 30.7. The first-order chi connectivity index (χ1) is 16.8. The Hall–Kier alpha value is -2.56. The summed E-state index contributed by atoms with van der Waals surface area (Å²) in [5, 5.41) is 11.9. The molecule has 1 amide bonds. The molecule has 0 bridgehead atoms. The van der Waals surface area contributed by atoms with E-state index in [4.69, 9.17) is 28.9 Å². The Morgan fingerprint density at radius 1 is 0.946 bits per heavy atom. The van der Waals surface area contributed by atoms with Crippen LogP contribution in [-0.2, 0) is 17.8 Å². The van der Waals surface area contributed by atoms with Crippen molar-refractivity contribution < 1.29 is 9.59 Å². The first-order valence-electron chi connectivity index (χ1n) is 10.9. The maximum atomic E-state index is 13.4. The van der Waals surface area contributed by atoms with E-state index in [1.165, 1.54) is 0 Å². The van der Waals surface area contributed by atoms with E-state index in [1.807, 2.05) is 30.3 Å². The summed E-state index contributed by atoms with van der Waals surface area (Å²) in [7, 11) is 0. The Morgan fingerprint density at radius 3 is 2.32 bits per heavy atom. The van der Waals surface area contributed by atoms with Crippen molar-refractivity contribution in [1.29, 1.82) is 0 Å². The van der Waals surface area contributed by atoms with Crippen LogP contribution in [0.2, 0.25) is 10.0 Å². The molecule has 0 saturated carbocycles. The molecular weight excluding hydrogens is 645 g/mol. The Balaban J connectivity index is 0.00000241. The number of carbonyl (C=O) groups excluding carboxylic acids is 2. The Kier molecular flexibility index (Phi) is 11.5. The monoisotopic (exact) mass is 667 g/mol. The lowest BCUT2D eigenvalue weighted by Gasteiger charge is -2.16. The highest BCUT2D eigenvalue weighted by Crippen LogP contribution is 2.27. The topological polar surface area (TPSA) is 103 Å². The minimum absolute atomic E-state index is 0. The van der Waals surface area contributed by atoms with E-state index in [9.17, 15) is 9.59 Å². The summed E-state index contributed by atoms with van der Waals surface area (Å²) < 4.78 is 1.71. The SMILES string of the molecule is Br.Br.Cc1nnc(CNC(=O)[C@@H](N)Cc2ccccc2)n1-c1ccc(Cl)cc1C(=O)c1ccccc1Cl. The molecule has 1 atom stereocenters. The van der Waals surface area contributed by atoms with Crippen molar-refractivity contribution in [2.75, 3.05) is 0 Å². The molecule has 0 aliphatic heterocycles. The normalized spacial score (nSPS) is 11.1. The number of nitrogens with one attached hydrogen (secondary N) is 1. The van der Waals surface area contributed by atoms with Gasteiger partial charge in [0.25, 0.3) is 0 Å². The van der Waals surface area contributed by atoms with Gasteiger partial charge in [0.05, 0.1) is 23.3 Å². The average molecular weight is 670 g/mol. The summed E-state index contributed by atoms with van der Waals surface area (Å²) in [6, 6.07) is 20.6. The predicted octanol–water partition coefficient (Wildman–Crippen LogP) is 5.46. The van der Waals surface area contributed by atoms with Crippen molar-refractivity contribution >= 4 is 68.9 Å². The van der Waals surface area contributed by atoms with Crippen LogP contribution in [0.25, 0.3) is 5.69 Å². The maximum Gasteiger partial charge on any atom is 0.237 e. The Bertz CT molecular complexity index is 1380. The van der Waals surface area contributed by atoms with Crippen LogP contribution < -0.4 is 11.1 Å². The summed E-state index contributed by atoms with van der Waals surface area (Å²) in [5.74, 6) is 0.377. The summed E-state index contributed by atoms with van der Waals surface area (Å²) in [6.45, 7) is 1.84. The van der Waals surface area contributed by atoms with E-state index >= 15 is 0 Å². The minimum atomic E-state index is -0.720. The third-order valence-corrected chi connectivity index (χ3v) is 6.08. The fraction of sp³-hybridized carbons (Fsp3) is 0.154. The highest BCUT2D eigenvalue weighted by molar-refractivity contribution is 8.93. The van der Waals surface area contributed by atoms with Gasteiger partial charge in [-0.15, -0.1) is 44.2 Å². The van der Waals surface area contributed by atoms with Gasteiger partial charge in [-0.3, -0.25) is 14.2 Å². The van der Waals surface area contributed by atoms with Crippen molar-refractivity contribution in [1.82, 2.24) is 20.1 Å². The van der Waals surface area contributed by atoms with Gasteiger partial charge in [-0.05, 0) is 49.2 Å². The van der Waals surface area contributed by atoms with Gasteiger partial charge in [0.1, 0.15) is 5.82 Å². The second kappa shape index (κ2) is 13.8. The molecule has 4 rings (SSSR count). The number of hydrogen-bond acceptors (Lipinski definition) is 5. The van der Waals surface area contributed by atoms with Crippen LogP contribution in [0, 0.1) is 6.92 Å². The van der Waals surface area contributed by atoms with E-state index in [1.54, 1.807) is 54.0 Å². The van der Waals surface area contributed by atoms with E-state index in [2.05, 4.69) is 15.5 Å². The summed E-state index contributed by atoms with van der Waals surface area (Å²) in [4.78, 5) is 26.0. The molecule has 0 radical (unpaired) electrons. The molecule has 0 aliphatic rings. The second-order valence-corrected chi connectivity index (χ2v) is 8.83. The van der Waals surface area contributed by atoms with Crippen LogP contribution in [-0.4, -0.2) is 32.5 Å². The molecule has 1 heterocycles. The van der Waals surface area contributed by atoms with E-state index in [-0.39, 0.29) is 52.2 Å². The molecule has 194 valence electrons. The predicted molar refractivity (Wildman–Crippen MR) is 157 cm³/mol. The zero-order chi connectivity index (χ0) is 24.9. The minimum Gasteiger partial charge on any atom is -0.347 e. The van der Waals surface area contributed by atoms with Crippen molar-refractivity contribution in [2.45, 2.75) is 25.9 Å². The number of nitrogens with two attached hydrogens (primary N) is 1. The lowest BCUT2D eigenvalue weighted by atomic mass is 10.0. The smallest absolute Gasteiger partial charge is 0.237 e. The quantitative estimate of drug-likeness (QED) is 0.243. The van der Waals surface area contributed by atoms with Crippen LogP contribution in [0.1, 0.15) is 33.1 Å². The van der Waals surface area contributed by atoms with Gasteiger partial charge in [0.2, 0.25) is 5.91 Å². The molecule has 0 aliphatic carbocycles. The number of halogens is 4. The fourth-order valence-electron chi connectivity index (χ4n) is 3.77. The maximum absolute atomic E-state index is 13.4. The summed E-state index contributed by atoms with van der Waals surface area (Å²) >= 11 is 12.5. The lowest BCUT2D eigenvalue weighted by Crippen LogP contribution is -2.42. The van der Waals surface area contributed by atoms with Crippen LogP contribution in [0.15, 0.2) is 72.8 Å². The molecule has 11 heteroatoms. The number of hydrogen-bond donors (Lipinski definition) is 2.